The number of hydrogen-bond acceptors (Lipinski definition) is 4. The lowest BCUT2D eigenvalue weighted by molar-refractivity contribution is -0.152. The number of carbonyl (C=O) groups is 2. The Bertz CT molecular complexity index is 530. The van der Waals surface area contributed by atoms with Gasteiger partial charge in [-0.1, -0.05) is 20.8 Å². The molecule has 2 unspecified atom stereocenters. The van der Waals surface area contributed by atoms with Crippen molar-refractivity contribution in [1.29, 1.82) is 0 Å². The van der Waals surface area contributed by atoms with Crippen LogP contribution in [0, 0.1) is 12.3 Å². The van der Waals surface area contributed by atoms with Gasteiger partial charge in [-0.3, -0.25) is 9.59 Å². The maximum absolute atomic E-state index is 12.6. The Labute approximate surface area is 118 Å². The van der Waals surface area contributed by atoms with E-state index >= 15 is 0 Å². The third kappa shape index (κ3) is 2.69. The fraction of sp³-hybridized carbons (Fsp3) is 0.643. The molecule has 2 atom stereocenters. The highest BCUT2D eigenvalue weighted by atomic mass is 16.4. The minimum atomic E-state index is -0.526. The van der Waals surface area contributed by atoms with Crippen LogP contribution in [0.5, 0.6) is 0 Å². The molecule has 20 heavy (non-hydrogen) atoms. The van der Waals surface area contributed by atoms with Crippen molar-refractivity contribution < 1.29 is 14.0 Å². The van der Waals surface area contributed by atoms with Crippen LogP contribution in [0.3, 0.4) is 0 Å². The second kappa shape index (κ2) is 4.92. The first-order valence-corrected chi connectivity index (χ1v) is 6.72. The van der Waals surface area contributed by atoms with Crippen molar-refractivity contribution in [2.45, 2.75) is 53.2 Å². The molecule has 1 aliphatic rings. The van der Waals surface area contributed by atoms with E-state index in [2.05, 4.69) is 10.3 Å². The number of carbonyl (C=O) groups excluding carboxylic acids is 2. The summed E-state index contributed by atoms with van der Waals surface area (Å²) in [4.78, 5) is 30.3. The normalized spacial score (nSPS) is 23.9. The molecular weight excluding hydrogens is 258 g/mol. The molecule has 0 aliphatic carbocycles. The van der Waals surface area contributed by atoms with Crippen LogP contribution in [0.15, 0.2) is 10.6 Å². The van der Waals surface area contributed by atoms with Crippen molar-refractivity contribution in [2.75, 3.05) is 0 Å². The summed E-state index contributed by atoms with van der Waals surface area (Å²) in [6, 6.07) is -1.05. The summed E-state index contributed by atoms with van der Waals surface area (Å²) < 4.78 is 5.40. The van der Waals surface area contributed by atoms with Gasteiger partial charge >= 0.3 is 0 Å². The van der Waals surface area contributed by atoms with Gasteiger partial charge in [0, 0.05) is 0 Å². The van der Waals surface area contributed by atoms with E-state index < -0.39 is 12.1 Å². The minimum Gasteiger partial charge on any atom is -0.444 e. The maximum Gasteiger partial charge on any atom is 0.246 e. The lowest BCUT2D eigenvalue weighted by Gasteiger charge is -2.41. The summed E-state index contributed by atoms with van der Waals surface area (Å²) in [5.41, 5.74) is -0.336. The van der Waals surface area contributed by atoms with E-state index in [0.29, 0.717) is 11.7 Å². The molecule has 2 heterocycles. The molecule has 2 amide bonds. The highest BCUT2D eigenvalue weighted by molar-refractivity contribution is 5.97. The smallest absolute Gasteiger partial charge is 0.246 e. The second-order valence-corrected chi connectivity index (χ2v) is 6.31. The monoisotopic (exact) mass is 279 g/mol. The summed E-state index contributed by atoms with van der Waals surface area (Å²) >= 11 is 0. The van der Waals surface area contributed by atoms with E-state index in [1.807, 2.05) is 20.8 Å². The zero-order valence-electron chi connectivity index (χ0n) is 12.6. The molecule has 0 spiro atoms. The Morgan fingerprint density at radius 3 is 2.55 bits per heavy atom. The van der Waals surface area contributed by atoms with Gasteiger partial charge in [-0.05, 0) is 19.3 Å². The van der Waals surface area contributed by atoms with Crippen LogP contribution in [-0.4, -0.2) is 33.8 Å². The molecule has 6 heteroatoms. The first-order chi connectivity index (χ1) is 9.20. The van der Waals surface area contributed by atoms with Gasteiger partial charge in [0.1, 0.15) is 17.8 Å². The summed E-state index contributed by atoms with van der Waals surface area (Å²) in [6.07, 6.45) is 1.61. The van der Waals surface area contributed by atoms with Gasteiger partial charge in [0.2, 0.25) is 17.7 Å². The Morgan fingerprint density at radius 2 is 2.05 bits per heavy atom. The minimum absolute atomic E-state index is 0.0968. The van der Waals surface area contributed by atoms with Crippen LogP contribution < -0.4 is 5.32 Å². The molecule has 1 aliphatic heterocycles. The fourth-order valence-electron chi connectivity index (χ4n) is 2.24. The van der Waals surface area contributed by atoms with Gasteiger partial charge in [-0.15, -0.1) is 0 Å². The van der Waals surface area contributed by atoms with Crippen LogP contribution in [0.2, 0.25) is 0 Å². The first-order valence-electron chi connectivity index (χ1n) is 6.72. The van der Waals surface area contributed by atoms with E-state index in [1.165, 1.54) is 4.90 Å². The van der Waals surface area contributed by atoms with E-state index in [4.69, 9.17) is 4.42 Å². The number of oxazole rings is 1. The van der Waals surface area contributed by atoms with E-state index in [-0.39, 0.29) is 23.8 Å². The van der Waals surface area contributed by atoms with E-state index in [0.717, 1.165) is 0 Å². The van der Waals surface area contributed by atoms with Crippen molar-refractivity contribution in [3.8, 4) is 0 Å². The molecule has 1 aromatic rings. The highest BCUT2D eigenvalue weighted by Crippen LogP contribution is 2.26. The highest BCUT2D eigenvalue weighted by Gasteiger charge is 2.43. The Balaban J connectivity index is 2.24. The Hall–Kier alpha value is -1.85. The van der Waals surface area contributed by atoms with Gasteiger partial charge in [-0.2, -0.15) is 0 Å². The zero-order chi connectivity index (χ0) is 15.1. The SMILES string of the molecule is Cc1cnc(CN2C(=O)C(C(C)(C)C)NC(=O)C2C)o1. The Kier molecular flexibility index (Phi) is 3.58. The molecule has 1 aromatic heterocycles. The van der Waals surface area contributed by atoms with Crippen LogP contribution in [0.1, 0.15) is 39.3 Å². The molecule has 110 valence electrons. The molecule has 2 rings (SSSR count). The van der Waals surface area contributed by atoms with Crippen LogP contribution in [0.4, 0.5) is 0 Å². The van der Waals surface area contributed by atoms with Crippen LogP contribution >= 0.6 is 0 Å². The lowest BCUT2D eigenvalue weighted by Crippen LogP contribution is -2.65. The predicted molar refractivity (Wildman–Crippen MR) is 72.6 cm³/mol. The third-order valence-corrected chi connectivity index (χ3v) is 3.50. The van der Waals surface area contributed by atoms with Crippen molar-refractivity contribution >= 4 is 11.8 Å². The molecule has 0 bridgehead atoms. The van der Waals surface area contributed by atoms with Crippen molar-refractivity contribution in [2.24, 2.45) is 5.41 Å². The number of amides is 2. The van der Waals surface area contributed by atoms with Crippen LogP contribution in [0.25, 0.3) is 0 Å². The Morgan fingerprint density at radius 1 is 1.40 bits per heavy atom. The predicted octanol–water partition coefficient (Wildman–Crippen LogP) is 1.24. The molecule has 0 saturated carbocycles. The standard InChI is InChI=1S/C14H21N3O3/c1-8-6-15-10(20-8)7-17-9(2)12(18)16-11(13(17)19)14(3,4)5/h6,9,11H,7H2,1-5H3,(H,16,18). The second-order valence-electron chi connectivity index (χ2n) is 6.31. The first kappa shape index (κ1) is 14.6. The molecule has 6 nitrogen and oxygen atoms in total. The van der Waals surface area contributed by atoms with Gasteiger partial charge < -0.3 is 14.6 Å². The summed E-state index contributed by atoms with van der Waals surface area (Å²) in [5.74, 6) is 0.896. The van der Waals surface area contributed by atoms with Gasteiger partial charge in [0.25, 0.3) is 0 Å². The fourth-order valence-corrected chi connectivity index (χ4v) is 2.24. The summed E-state index contributed by atoms with van der Waals surface area (Å²) in [7, 11) is 0. The van der Waals surface area contributed by atoms with Gasteiger partial charge in [-0.25, -0.2) is 4.98 Å². The quantitative estimate of drug-likeness (QED) is 0.884. The number of hydrogen-bond donors (Lipinski definition) is 1. The maximum atomic E-state index is 12.6. The largest absolute Gasteiger partial charge is 0.444 e. The topological polar surface area (TPSA) is 75.4 Å². The summed E-state index contributed by atoms with van der Waals surface area (Å²) in [6.45, 7) is 9.51. The third-order valence-electron chi connectivity index (χ3n) is 3.50. The molecule has 0 radical (unpaired) electrons. The molecule has 1 fully saturated rings. The summed E-state index contributed by atoms with van der Waals surface area (Å²) in [5, 5.41) is 2.80. The van der Waals surface area contributed by atoms with Crippen LogP contribution in [-0.2, 0) is 16.1 Å². The van der Waals surface area contributed by atoms with Gasteiger partial charge in [0.05, 0.1) is 12.7 Å². The van der Waals surface area contributed by atoms with Crippen molar-refractivity contribution in [3.63, 3.8) is 0 Å². The zero-order valence-corrected chi connectivity index (χ0v) is 12.6. The average molecular weight is 279 g/mol. The number of nitrogens with one attached hydrogen (secondary N) is 1. The number of piperazine rings is 1. The molecule has 1 N–H and O–H groups in total. The number of aryl methyl sites for hydroxylation is 1. The van der Waals surface area contributed by atoms with E-state index in [9.17, 15) is 9.59 Å². The number of aromatic nitrogens is 1. The number of rotatable bonds is 2. The van der Waals surface area contributed by atoms with Crippen molar-refractivity contribution in [1.82, 2.24) is 15.2 Å². The lowest BCUT2D eigenvalue weighted by atomic mass is 9.84. The van der Waals surface area contributed by atoms with Gasteiger partial charge in [0.15, 0.2) is 0 Å². The molecule has 1 saturated heterocycles. The average Bonchev–Trinajstić information content (AvgIpc) is 2.73. The van der Waals surface area contributed by atoms with Crippen molar-refractivity contribution in [3.05, 3.63) is 17.8 Å². The molecule has 0 aromatic carbocycles. The molecular formula is C14H21N3O3. The number of nitrogens with zero attached hydrogens (tertiary/aromatic N) is 2. The van der Waals surface area contributed by atoms with E-state index in [1.54, 1.807) is 20.0 Å².